The van der Waals surface area contributed by atoms with E-state index in [1.54, 1.807) is 6.92 Å². The van der Waals surface area contributed by atoms with Gasteiger partial charge in [-0.3, -0.25) is 14.4 Å². The molecule has 2 atom stereocenters. The summed E-state index contributed by atoms with van der Waals surface area (Å²) in [6.45, 7) is 5.32. The van der Waals surface area contributed by atoms with Crippen LogP contribution in [0, 0.1) is 0 Å². The first-order valence-electron chi connectivity index (χ1n) is 11.2. The Bertz CT molecular complexity index is 926. The SMILES string of the molecule is CC(=O)NC(CC(=O)NC(C)CC(=O)Nc1cccc(N2CCCC2)c1)c1ccccc1. The van der Waals surface area contributed by atoms with Gasteiger partial charge in [0.2, 0.25) is 17.7 Å². The molecule has 0 bridgehead atoms. The van der Waals surface area contributed by atoms with Gasteiger partial charge in [0, 0.05) is 43.9 Å². The zero-order chi connectivity index (χ0) is 22.9. The monoisotopic (exact) mass is 436 g/mol. The highest BCUT2D eigenvalue weighted by atomic mass is 16.2. The average Bonchev–Trinajstić information content (AvgIpc) is 3.28. The Morgan fingerprint density at radius 2 is 1.62 bits per heavy atom. The van der Waals surface area contributed by atoms with E-state index < -0.39 is 6.04 Å². The molecule has 0 radical (unpaired) electrons. The van der Waals surface area contributed by atoms with Gasteiger partial charge >= 0.3 is 0 Å². The van der Waals surface area contributed by atoms with Gasteiger partial charge in [-0.2, -0.15) is 0 Å². The average molecular weight is 437 g/mol. The number of carbonyl (C=O) groups is 3. The molecule has 1 aliphatic rings. The van der Waals surface area contributed by atoms with Gasteiger partial charge in [-0.1, -0.05) is 36.4 Å². The van der Waals surface area contributed by atoms with Crippen molar-refractivity contribution >= 4 is 29.1 Å². The Kier molecular flexibility index (Phi) is 8.25. The number of nitrogens with one attached hydrogen (secondary N) is 3. The maximum atomic E-state index is 12.6. The lowest BCUT2D eigenvalue weighted by Crippen LogP contribution is -2.38. The molecule has 3 N–H and O–H groups in total. The van der Waals surface area contributed by atoms with Crippen molar-refractivity contribution < 1.29 is 14.4 Å². The zero-order valence-corrected chi connectivity index (χ0v) is 18.8. The maximum Gasteiger partial charge on any atom is 0.226 e. The number of benzene rings is 2. The first kappa shape index (κ1) is 23.3. The fraction of sp³-hybridized carbons (Fsp3) is 0.400. The highest BCUT2D eigenvalue weighted by Crippen LogP contribution is 2.23. The molecule has 0 saturated carbocycles. The minimum Gasteiger partial charge on any atom is -0.371 e. The molecule has 3 amide bonds. The fourth-order valence-electron chi connectivity index (χ4n) is 4.00. The smallest absolute Gasteiger partial charge is 0.226 e. The van der Waals surface area contributed by atoms with E-state index in [4.69, 9.17) is 0 Å². The summed E-state index contributed by atoms with van der Waals surface area (Å²) in [7, 11) is 0. The van der Waals surface area contributed by atoms with Gasteiger partial charge in [0.1, 0.15) is 0 Å². The molecule has 7 nitrogen and oxygen atoms in total. The molecule has 1 aliphatic heterocycles. The minimum atomic E-state index is -0.414. The summed E-state index contributed by atoms with van der Waals surface area (Å²) in [6.07, 6.45) is 2.66. The molecule has 3 rings (SSSR count). The van der Waals surface area contributed by atoms with Crippen molar-refractivity contribution in [2.45, 2.75) is 51.6 Å². The van der Waals surface area contributed by atoms with E-state index in [9.17, 15) is 14.4 Å². The Labute approximate surface area is 189 Å². The number of nitrogens with zero attached hydrogens (tertiary/aromatic N) is 1. The highest BCUT2D eigenvalue weighted by molar-refractivity contribution is 5.92. The van der Waals surface area contributed by atoms with Crippen molar-refractivity contribution in [3.8, 4) is 0 Å². The van der Waals surface area contributed by atoms with E-state index in [1.165, 1.54) is 19.8 Å². The van der Waals surface area contributed by atoms with Gasteiger partial charge in [-0.05, 0) is 43.5 Å². The number of carbonyl (C=O) groups excluding carboxylic acids is 3. The van der Waals surface area contributed by atoms with Crippen molar-refractivity contribution in [2.24, 2.45) is 0 Å². The third-order valence-electron chi connectivity index (χ3n) is 5.47. The first-order chi connectivity index (χ1) is 15.4. The van der Waals surface area contributed by atoms with Crippen LogP contribution < -0.4 is 20.9 Å². The fourth-order valence-corrected chi connectivity index (χ4v) is 4.00. The second kappa shape index (κ2) is 11.3. The maximum absolute atomic E-state index is 12.6. The first-order valence-corrected chi connectivity index (χ1v) is 11.2. The quantitative estimate of drug-likeness (QED) is 0.562. The zero-order valence-electron chi connectivity index (χ0n) is 18.8. The molecule has 2 aromatic rings. The van der Waals surface area contributed by atoms with Crippen molar-refractivity contribution in [1.82, 2.24) is 10.6 Å². The van der Waals surface area contributed by atoms with Crippen molar-refractivity contribution in [2.75, 3.05) is 23.3 Å². The summed E-state index contributed by atoms with van der Waals surface area (Å²) >= 11 is 0. The van der Waals surface area contributed by atoms with Gasteiger partial charge in [-0.15, -0.1) is 0 Å². The molecule has 32 heavy (non-hydrogen) atoms. The molecule has 1 heterocycles. The third kappa shape index (κ3) is 7.11. The summed E-state index contributed by atoms with van der Waals surface area (Å²) in [4.78, 5) is 38.9. The highest BCUT2D eigenvalue weighted by Gasteiger charge is 2.19. The molecule has 2 unspecified atom stereocenters. The van der Waals surface area contributed by atoms with Gasteiger partial charge < -0.3 is 20.9 Å². The van der Waals surface area contributed by atoms with Crippen LogP contribution in [0.15, 0.2) is 54.6 Å². The minimum absolute atomic E-state index is 0.105. The van der Waals surface area contributed by atoms with E-state index in [2.05, 4.69) is 26.9 Å². The van der Waals surface area contributed by atoms with Gasteiger partial charge in [0.05, 0.1) is 12.5 Å². The van der Waals surface area contributed by atoms with Crippen LogP contribution in [-0.2, 0) is 14.4 Å². The van der Waals surface area contributed by atoms with Crippen molar-refractivity contribution in [1.29, 1.82) is 0 Å². The largest absolute Gasteiger partial charge is 0.371 e. The van der Waals surface area contributed by atoms with Crippen LogP contribution >= 0.6 is 0 Å². The molecule has 2 aromatic carbocycles. The predicted molar refractivity (Wildman–Crippen MR) is 126 cm³/mol. The Hall–Kier alpha value is -3.35. The third-order valence-corrected chi connectivity index (χ3v) is 5.47. The van der Waals surface area contributed by atoms with Crippen LogP contribution in [0.3, 0.4) is 0 Å². The standard InChI is InChI=1S/C25H32N4O3/c1-18(26-25(32)17-23(27-19(2)30)20-9-4-3-5-10-20)15-24(31)28-21-11-8-12-22(16-21)29-13-6-7-14-29/h3-5,8-12,16,18,23H,6-7,13-15,17H2,1-2H3,(H,26,32)(H,27,30)(H,28,31). The van der Waals surface area contributed by atoms with Crippen LogP contribution in [0.25, 0.3) is 0 Å². The molecule has 1 fully saturated rings. The molecule has 7 heteroatoms. The van der Waals surface area contributed by atoms with E-state index in [-0.39, 0.29) is 36.6 Å². The number of rotatable bonds is 9. The summed E-state index contributed by atoms with van der Waals surface area (Å²) in [5, 5.41) is 8.61. The normalized spacial score (nSPS) is 15.0. The molecule has 0 spiro atoms. The molecule has 1 saturated heterocycles. The van der Waals surface area contributed by atoms with Crippen molar-refractivity contribution in [3.63, 3.8) is 0 Å². The number of hydrogen-bond acceptors (Lipinski definition) is 4. The van der Waals surface area contributed by atoms with Crippen LogP contribution in [0.4, 0.5) is 11.4 Å². The van der Waals surface area contributed by atoms with E-state index >= 15 is 0 Å². The van der Waals surface area contributed by atoms with Gasteiger partial charge in [0.15, 0.2) is 0 Å². The number of hydrogen-bond donors (Lipinski definition) is 3. The summed E-state index contributed by atoms with van der Waals surface area (Å²) in [5.41, 5.74) is 2.74. The summed E-state index contributed by atoms with van der Waals surface area (Å²) < 4.78 is 0. The molecular weight excluding hydrogens is 404 g/mol. The topological polar surface area (TPSA) is 90.5 Å². The van der Waals surface area contributed by atoms with E-state index in [1.807, 2.05) is 48.5 Å². The van der Waals surface area contributed by atoms with E-state index in [0.717, 1.165) is 30.0 Å². The summed E-state index contributed by atoms with van der Waals surface area (Å²) in [5.74, 6) is -0.572. The second-order valence-corrected chi connectivity index (χ2v) is 8.33. The van der Waals surface area contributed by atoms with Crippen LogP contribution in [0.5, 0.6) is 0 Å². The van der Waals surface area contributed by atoms with Gasteiger partial charge in [0.25, 0.3) is 0 Å². The molecule has 0 aromatic heterocycles. The van der Waals surface area contributed by atoms with Crippen LogP contribution in [0.2, 0.25) is 0 Å². The number of anilines is 2. The lowest BCUT2D eigenvalue weighted by molar-refractivity contribution is -0.123. The Morgan fingerprint density at radius 3 is 2.31 bits per heavy atom. The lowest BCUT2D eigenvalue weighted by atomic mass is 10.0. The van der Waals surface area contributed by atoms with Gasteiger partial charge in [-0.25, -0.2) is 0 Å². The van der Waals surface area contributed by atoms with Crippen molar-refractivity contribution in [3.05, 3.63) is 60.2 Å². The summed E-state index contributed by atoms with van der Waals surface area (Å²) in [6, 6.07) is 16.5. The Morgan fingerprint density at radius 1 is 0.906 bits per heavy atom. The molecule has 0 aliphatic carbocycles. The Balaban J connectivity index is 1.50. The molecular formula is C25H32N4O3. The number of amides is 3. The lowest BCUT2D eigenvalue weighted by Gasteiger charge is -2.20. The second-order valence-electron chi connectivity index (χ2n) is 8.33. The van der Waals surface area contributed by atoms with E-state index in [0.29, 0.717) is 0 Å². The predicted octanol–water partition coefficient (Wildman–Crippen LogP) is 3.39. The van der Waals surface area contributed by atoms with Crippen LogP contribution in [0.1, 0.15) is 51.1 Å². The van der Waals surface area contributed by atoms with Crippen LogP contribution in [-0.4, -0.2) is 36.9 Å². The molecule has 170 valence electrons.